The SMILES string of the molecule is CN(C)CCNC1C2CC3CC(C2)CC1(Cc1ccccc1)C3.O=C(O)/C=C/C(=O)O. The van der Waals surface area contributed by atoms with Gasteiger partial charge in [0.1, 0.15) is 0 Å². The number of benzene rings is 1. The van der Waals surface area contributed by atoms with E-state index in [0.717, 1.165) is 36.9 Å². The zero-order chi connectivity index (χ0) is 22.4. The monoisotopic (exact) mass is 428 g/mol. The summed E-state index contributed by atoms with van der Waals surface area (Å²) in [5.74, 6) is 0.457. The zero-order valence-electron chi connectivity index (χ0n) is 18.7. The standard InChI is InChI=1S/C21H32N2.C4H4O4/c1-23(2)9-8-22-20-19-11-17-10-18(12-19)15-21(20,14-17)13-16-6-4-3-5-7-16;5-3(6)1-2-4(7)8/h3-7,17-20,22H,8-15H2,1-2H3;1-2H,(H,5,6)(H,7,8)/b;2-1+. The van der Waals surface area contributed by atoms with E-state index in [0.29, 0.717) is 17.6 Å². The summed E-state index contributed by atoms with van der Waals surface area (Å²) in [6.07, 6.45) is 9.85. The van der Waals surface area contributed by atoms with Gasteiger partial charge in [-0.1, -0.05) is 30.3 Å². The van der Waals surface area contributed by atoms with Gasteiger partial charge in [-0.2, -0.15) is 0 Å². The molecule has 6 nitrogen and oxygen atoms in total. The number of aliphatic carboxylic acids is 2. The fraction of sp³-hybridized carbons (Fsp3) is 0.600. The van der Waals surface area contributed by atoms with Gasteiger partial charge in [0, 0.05) is 31.3 Å². The van der Waals surface area contributed by atoms with Gasteiger partial charge in [0.25, 0.3) is 0 Å². The Morgan fingerprint density at radius 3 is 2.13 bits per heavy atom. The van der Waals surface area contributed by atoms with Gasteiger partial charge >= 0.3 is 11.9 Å². The molecule has 1 aromatic rings. The molecule has 0 aliphatic heterocycles. The molecule has 0 saturated heterocycles. The lowest BCUT2D eigenvalue weighted by molar-refractivity contribution is -0.134. The minimum absolute atomic E-state index is 0.530. The Balaban J connectivity index is 0.000000293. The van der Waals surface area contributed by atoms with Crippen LogP contribution in [0.4, 0.5) is 0 Å². The van der Waals surface area contributed by atoms with Gasteiger partial charge < -0.3 is 20.4 Å². The summed E-state index contributed by atoms with van der Waals surface area (Å²) in [6.45, 7) is 2.29. The van der Waals surface area contributed by atoms with Crippen molar-refractivity contribution in [2.75, 3.05) is 27.2 Å². The first kappa shape index (κ1) is 23.5. The van der Waals surface area contributed by atoms with Crippen LogP contribution in [0.5, 0.6) is 0 Å². The third-order valence-electron chi connectivity index (χ3n) is 7.15. The molecule has 1 aromatic carbocycles. The van der Waals surface area contributed by atoms with E-state index in [1.807, 2.05) is 0 Å². The highest BCUT2D eigenvalue weighted by molar-refractivity contribution is 5.89. The molecule has 0 radical (unpaired) electrons. The summed E-state index contributed by atoms with van der Waals surface area (Å²) in [6, 6.07) is 12.0. The Bertz CT molecular complexity index is 747. The molecule has 4 saturated carbocycles. The van der Waals surface area contributed by atoms with Crippen molar-refractivity contribution in [2.45, 2.75) is 44.6 Å². The van der Waals surface area contributed by atoms with Crippen LogP contribution in [0.2, 0.25) is 0 Å². The van der Waals surface area contributed by atoms with Crippen molar-refractivity contribution >= 4 is 11.9 Å². The smallest absolute Gasteiger partial charge is 0.328 e. The molecule has 6 heteroatoms. The van der Waals surface area contributed by atoms with Gasteiger partial charge in [-0.25, -0.2) is 9.59 Å². The number of nitrogens with zero attached hydrogens (tertiary/aromatic N) is 1. The van der Waals surface area contributed by atoms with Crippen molar-refractivity contribution in [3.05, 3.63) is 48.0 Å². The highest BCUT2D eigenvalue weighted by Gasteiger charge is 2.56. The van der Waals surface area contributed by atoms with E-state index in [1.165, 1.54) is 38.5 Å². The topological polar surface area (TPSA) is 89.9 Å². The Morgan fingerprint density at radius 2 is 1.61 bits per heavy atom. The molecule has 0 amide bonds. The van der Waals surface area contributed by atoms with E-state index in [4.69, 9.17) is 10.2 Å². The first-order chi connectivity index (χ1) is 14.8. The van der Waals surface area contributed by atoms with Gasteiger partial charge in [-0.15, -0.1) is 0 Å². The second-order valence-corrected chi connectivity index (χ2v) is 9.88. The van der Waals surface area contributed by atoms with Crippen molar-refractivity contribution in [3.8, 4) is 0 Å². The molecule has 0 aromatic heterocycles. The van der Waals surface area contributed by atoms with Crippen LogP contribution in [-0.2, 0) is 16.0 Å². The maximum atomic E-state index is 9.55. The van der Waals surface area contributed by atoms with Crippen molar-refractivity contribution in [1.82, 2.24) is 10.2 Å². The molecule has 4 bridgehead atoms. The highest BCUT2D eigenvalue weighted by atomic mass is 16.4. The minimum atomic E-state index is -1.26. The van der Waals surface area contributed by atoms with E-state index in [2.05, 4.69) is 54.6 Å². The van der Waals surface area contributed by atoms with Crippen LogP contribution in [0, 0.1) is 23.2 Å². The molecule has 3 N–H and O–H groups in total. The van der Waals surface area contributed by atoms with E-state index >= 15 is 0 Å². The van der Waals surface area contributed by atoms with Crippen molar-refractivity contribution in [3.63, 3.8) is 0 Å². The van der Waals surface area contributed by atoms with Crippen LogP contribution in [0.3, 0.4) is 0 Å². The fourth-order valence-electron chi connectivity index (χ4n) is 6.44. The number of carboxylic acids is 2. The molecule has 4 fully saturated rings. The molecule has 31 heavy (non-hydrogen) atoms. The summed E-state index contributed by atoms with van der Waals surface area (Å²) in [5, 5.41) is 19.6. The first-order valence-corrected chi connectivity index (χ1v) is 11.3. The van der Waals surface area contributed by atoms with Crippen LogP contribution in [0.1, 0.15) is 37.7 Å². The Morgan fingerprint density at radius 1 is 1.03 bits per heavy atom. The average molecular weight is 429 g/mol. The molecule has 5 rings (SSSR count). The summed E-state index contributed by atoms with van der Waals surface area (Å²) >= 11 is 0. The average Bonchev–Trinajstić information content (AvgIpc) is 2.69. The molecular weight excluding hydrogens is 392 g/mol. The number of hydrogen-bond donors (Lipinski definition) is 3. The van der Waals surface area contributed by atoms with E-state index in [1.54, 1.807) is 5.56 Å². The van der Waals surface area contributed by atoms with Gasteiger partial charge in [0.15, 0.2) is 0 Å². The quantitative estimate of drug-likeness (QED) is 0.551. The van der Waals surface area contributed by atoms with Crippen molar-refractivity contribution < 1.29 is 19.8 Å². The van der Waals surface area contributed by atoms with E-state index in [-0.39, 0.29) is 0 Å². The number of rotatable bonds is 8. The van der Waals surface area contributed by atoms with Crippen LogP contribution in [0.15, 0.2) is 42.5 Å². The van der Waals surface area contributed by atoms with Crippen LogP contribution >= 0.6 is 0 Å². The second-order valence-electron chi connectivity index (χ2n) is 9.88. The summed E-state index contributed by atoms with van der Waals surface area (Å²) in [4.78, 5) is 21.4. The molecule has 3 unspecified atom stereocenters. The Labute approximate surface area is 185 Å². The summed E-state index contributed by atoms with van der Waals surface area (Å²) < 4.78 is 0. The predicted octanol–water partition coefficient (Wildman–Crippen LogP) is 3.29. The molecular formula is C25H36N2O4. The Kier molecular flexibility index (Phi) is 7.89. The maximum Gasteiger partial charge on any atom is 0.328 e. The third kappa shape index (κ3) is 6.40. The largest absolute Gasteiger partial charge is 0.478 e. The zero-order valence-corrected chi connectivity index (χ0v) is 18.7. The second kappa shape index (κ2) is 10.4. The van der Waals surface area contributed by atoms with Crippen LogP contribution in [0.25, 0.3) is 0 Å². The lowest BCUT2D eigenvalue weighted by atomic mass is 9.46. The number of carboxylic acid groups (broad SMARTS) is 2. The first-order valence-electron chi connectivity index (χ1n) is 11.3. The third-order valence-corrected chi connectivity index (χ3v) is 7.15. The maximum absolute atomic E-state index is 9.55. The summed E-state index contributed by atoms with van der Waals surface area (Å²) in [5.41, 5.74) is 2.08. The molecule has 3 atom stereocenters. The van der Waals surface area contributed by atoms with Crippen LogP contribution in [-0.4, -0.2) is 60.3 Å². The molecule has 0 spiro atoms. The van der Waals surface area contributed by atoms with E-state index in [9.17, 15) is 9.59 Å². The molecule has 4 aliphatic carbocycles. The molecule has 170 valence electrons. The van der Waals surface area contributed by atoms with Gasteiger partial charge in [-0.3, -0.25) is 0 Å². The lowest BCUT2D eigenvalue weighted by Crippen LogP contribution is -2.62. The minimum Gasteiger partial charge on any atom is -0.478 e. The van der Waals surface area contributed by atoms with Gasteiger partial charge in [0.05, 0.1) is 0 Å². The predicted molar refractivity (Wildman–Crippen MR) is 121 cm³/mol. The van der Waals surface area contributed by atoms with Gasteiger partial charge in [0.2, 0.25) is 0 Å². The van der Waals surface area contributed by atoms with Gasteiger partial charge in [-0.05, 0) is 81.4 Å². The molecule has 0 heterocycles. The summed E-state index contributed by atoms with van der Waals surface area (Å²) in [7, 11) is 4.36. The van der Waals surface area contributed by atoms with E-state index < -0.39 is 11.9 Å². The highest BCUT2D eigenvalue weighted by Crippen LogP contribution is 2.61. The number of carbonyl (C=O) groups is 2. The Hall–Kier alpha value is -2.18. The van der Waals surface area contributed by atoms with Crippen LogP contribution < -0.4 is 5.32 Å². The normalized spacial score (nSPS) is 30.9. The number of hydrogen-bond acceptors (Lipinski definition) is 4. The fourth-order valence-corrected chi connectivity index (χ4v) is 6.44. The molecule has 4 aliphatic rings. The number of nitrogens with one attached hydrogen (secondary N) is 1. The van der Waals surface area contributed by atoms with Crippen molar-refractivity contribution in [2.24, 2.45) is 23.2 Å². The lowest BCUT2D eigenvalue weighted by Gasteiger charge is -2.62. The van der Waals surface area contributed by atoms with Crippen molar-refractivity contribution in [1.29, 1.82) is 0 Å². The number of likely N-dealkylation sites (N-methyl/N-ethyl adjacent to an activating group) is 1.